The van der Waals surface area contributed by atoms with Crippen molar-refractivity contribution in [1.82, 2.24) is 14.5 Å². The van der Waals surface area contributed by atoms with E-state index in [9.17, 15) is 0 Å². The molecule has 1 aliphatic rings. The maximum absolute atomic E-state index is 9.05. The van der Waals surface area contributed by atoms with Gasteiger partial charge in [-0.2, -0.15) is 5.26 Å². The Balaban J connectivity index is 1.38. The lowest BCUT2D eigenvalue weighted by Crippen LogP contribution is -2.42. The van der Waals surface area contributed by atoms with Crippen LogP contribution in [0.4, 0.5) is 0 Å². The first-order valence-corrected chi connectivity index (χ1v) is 11.6. The van der Waals surface area contributed by atoms with Gasteiger partial charge in [-0.05, 0) is 52.9 Å². The van der Waals surface area contributed by atoms with E-state index in [0.717, 1.165) is 37.5 Å². The van der Waals surface area contributed by atoms with Crippen molar-refractivity contribution in [2.75, 3.05) is 0 Å². The Hall–Kier alpha value is -3.39. The van der Waals surface area contributed by atoms with Gasteiger partial charge in [0.15, 0.2) is 0 Å². The molecule has 0 amide bonds. The van der Waals surface area contributed by atoms with Crippen LogP contribution < -0.4 is 0 Å². The molecule has 1 aromatic heterocycles. The highest BCUT2D eigenvalue weighted by Gasteiger charge is 2.27. The highest BCUT2D eigenvalue weighted by Crippen LogP contribution is 2.27. The predicted molar refractivity (Wildman–Crippen MR) is 131 cm³/mol. The lowest BCUT2D eigenvalue weighted by molar-refractivity contribution is 0.145. The Labute approximate surface area is 199 Å². The van der Waals surface area contributed by atoms with Crippen LogP contribution in [-0.4, -0.2) is 20.5 Å². The minimum absolute atomic E-state index is 0.354. The van der Waals surface area contributed by atoms with Gasteiger partial charge in [-0.3, -0.25) is 4.90 Å². The molecular formula is C28H25ClN4. The molecular weight excluding hydrogens is 428 g/mol. The quantitative estimate of drug-likeness (QED) is 0.381. The predicted octanol–water partition coefficient (Wildman–Crippen LogP) is 5.63. The normalized spacial score (nSPS) is 15.7. The third-order valence-corrected chi connectivity index (χ3v) is 6.65. The molecule has 3 aromatic carbocycles. The second-order valence-corrected chi connectivity index (χ2v) is 9.12. The Bertz CT molecular complexity index is 1290. The number of nitriles is 1. The van der Waals surface area contributed by atoms with Gasteiger partial charge < -0.3 is 4.57 Å². The summed E-state index contributed by atoms with van der Waals surface area (Å²) in [4.78, 5) is 7.01. The van der Waals surface area contributed by atoms with E-state index in [2.05, 4.69) is 56.9 Å². The highest BCUT2D eigenvalue weighted by molar-refractivity contribution is 6.30. The average Bonchev–Trinajstić information content (AvgIpc) is 3.26. The number of nitrogens with zero attached hydrogens (tertiary/aromatic N) is 4. The Kier molecular flexibility index (Phi) is 6.26. The number of rotatable bonds is 6. The van der Waals surface area contributed by atoms with Crippen molar-refractivity contribution in [3.05, 3.63) is 124 Å². The molecule has 0 fully saturated rings. The van der Waals surface area contributed by atoms with Gasteiger partial charge in [0.1, 0.15) is 0 Å². The van der Waals surface area contributed by atoms with E-state index in [4.69, 9.17) is 16.9 Å². The fourth-order valence-electron chi connectivity index (χ4n) is 4.67. The van der Waals surface area contributed by atoms with Crippen molar-refractivity contribution in [1.29, 1.82) is 5.26 Å². The van der Waals surface area contributed by atoms with Crippen molar-refractivity contribution >= 4 is 11.6 Å². The van der Waals surface area contributed by atoms with Gasteiger partial charge in [0.05, 0.1) is 18.0 Å². The second-order valence-electron chi connectivity index (χ2n) is 8.68. The van der Waals surface area contributed by atoms with E-state index in [-0.39, 0.29) is 0 Å². The van der Waals surface area contributed by atoms with E-state index in [1.165, 1.54) is 27.9 Å². The third kappa shape index (κ3) is 5.01. The van der Waals surface area contributed by atoms with Gasteiger partial charge in [-0.1, -0.05) is 60.1 Å². The molecule has 164 valence electrons. The molecule has 4 aromatic rings. The number of halogens is 1. The number of imidazole rings is 1. The van der Waals surface area contributed by atoms with E-state index in [1.807, 2.05) is 48.9 Å². The van der Waals surface area contributed by atoms with Crippen LogP contribution in [0.25, 0.3) is 0 Å². The maximum atomic E-state index is 9.05. The first kappa shape index (κ1) is 21.5. The fourth-order valence-corrected chi connectivity index (χ4v) is 4.88. The Morgan fingerprint density at radius 3 is 2.58 bits per heavy atom. The molecule has 0 saturated carbocycles. The van der Waals surface area contributed by atoms with E-state index >= 15 is 0 Å². The third-order valence-electron chi connectivity index (χ3n) is 6.41. The lowest BCUT2D eigenvalue weighted by atomic mass is 9.93. The minimum atomic E-state index is 0.354. The van der Waals surface area contributed by atoms with E-state index < -0.39 is 0 Å². The summed E-state index contributed by atoms with van der Waals surface area (Å²) in [6.45, 7) is 2.66. The molecule has 1 aliphatic heterocycles. The number of hydrogen-bond donors (Lipinski definition) is 0. The summed E-state index contributed by atoms with van der Waals surface area (Å²) >= 11 is 6.26. The van der Waals surface area contributed by atoms with Crippen LogP contribution >= 0.6 is 11.6 Å². The Morgan fingerprint density at radius 2 is 1.79 bits per heavy atom. The highest BCUT2D eigenvalue weighted by atomic mass is 35.5. The summed E-state index contributed by atoms with van der Waals surface area (Å²) < 4.78 is 2.28. The van der Waals surface area contributed by atoms with Crippen molar-refractivity contribution in [2.45, 2.75) is 38.5 Å². The summed E-state index contributed by atoms with van der Waals surface area (Å²) in [5, 5.41) is 9.83. The van der Waals surface area contributed by atoms with Crippen molar-refractivity contribution < 1.29 is 0 Å². The first-order valence-electron chi connectivity index (χ1n) is 11.2. The second kappa shape index (κ2) is 9.62. The standard InChI is InChI=1S/C28H25ClN4/c29-26-7-3-4-23(12-26)17-32-18-25-6-2-1-5-24(25)14-28(32)19-33-20-31-16-27(33)13-21-8-10-22(15-30)11-9-21/h1-12,16,20,28H,13-14,17-19H2. The zero-order chi connectivity index (χ0) is 22.6. The van der Waals surface area contributed by atoms with Crippen LogP contribution in [0.1, 0.15) is 33.5 Å². The molecule has 0 spiro atoms. The number of aromatic nitrogens is 2. The minimum Gasteiger partial charge on any atom is -0.333 e. The smallest absolute Gasteiger partial charge is 0.0991 e. The molecule has 5 heteroatoms. The lowest BCUT2D eigenvalue weighted by Gasteiger charge is -2.37. The number of benzene rings is 3. The van der Waals surface area contributed by atoms with Crippen LogP contribution in [0, 0.1) is 11.3 Å². The van der Waals surface area contributed by atoms with Gasteiger partial charge in [0.25, 0.3) is 0 Å². The van der Waals surface area contributed by atoms with Gasteiger partial charge in [0.2, 0.25) is 0 Å². The van der Waals surface area contributed by atoms with Gasteiger partial charge in [-0.15, -0.1) is 0 Å². The molecule has 2 heterocycles. The summed E-state index contributed by atoms with van der Waals surface area (Å²) in [6.07, 6.45) is 5.70. The number of fused-ring (bicyclic) bond motifs is 1. The van der Waals surface area contributed by atoms with Crippen LogP contribution in [0.15, 0.2) is 85.3 Å². The molecule has 0 aliphatic carbocycles. The molecule has 1 unspecified atom stereocenters. The van der Waals surface area contributed by atoms with E-state index in [0.29, 0.717) is 11.6 Å². The van der Waals surface area contributed by atoms with Crippen LogP contribution in [0.2, 0.25) is 5.02 Å². The number of hydrogen-bond acceptors (Lipinski definition) is 3. The van der Waals surface area contributed by atoms with Crippen molar-refractivity contribution in [3.63, 3.8) is 0 Å². The summed E-state index contributed by atoms with van der Waals surface area (Å²) in [5.41, 5.74) is 7.11. The van der Waals surface area contributed by atoms with E-state index in [1.54, 1.807) is 0 Å². The zero-order valence-corrected chi connectivity index (χ0v) is 19.1. The molecule has 1 atom stereocenters. The first-order chi connectivity index (χ1) is 16.2. The summed E-state index contributed by atoms with van der Waals surface area (Å²) in [6, 6.07) is 27.3. The Morgan fingerprint density at radius 1 is 0.970 bits per heavy atom. The van der Waals surface area contributed by atoms with Crippen LogP contribution in [0.5, 0.6) is 0 Å². The fraction of sp³-hybridized carbons (Fsp3) is 0.214. The largest absolute Gasteiger partial charge is 0.333 e. The molecule has 33 heavy (non-hydrogen) atoms. The SMILES string of the molecule is N#Cc1ccc(Cc2cncn2CC2Cc3ccccc3CN2Cc2cccc(Cl)c2)cc1. The summed E-state index contributed by atoms with van der Waals surface area (Å²) in [7, 11) is 0. The van der Waals surface area contributed by atoms with Gasteiger partial charge in [0, 0.05) is 49.0 Å². The molecule has 5 rings (SSSR count). The molecule has 0 saturated heterocycles. The molecule has 0 bridgehead atoms. The molecule has 0 radical (unpaired) electrons. The topological polar surface area (TPSA) is 44.9 Å². The average molecular weight is 453 g/mol. The molecule has 4 nitrogen and oxygen atoms in total. The van der Waals surface area contributed by atoms with Crippen LogP contribution in [-0.2, 0) is 32.5 Å². The van der Waals surface area contributed by atoms with Gasteiger partial charge >= 0.3 is 0 Å². The van der Waals surface area contributed by atoms with Crippen molar-refractivity contribution in [3.8, 4) is 6.07 Å². The monoisotopic (exact) mass is 452 g/mol. The van der Waals surface area contributed by atoms with Crippen molar-refractivity contribution in [2.24, 2.45) is 0 Å². The molecule has 0 N–H and O–H groups in total. The zero-order valence-electron chi connectivity index (χ0n) is 18.4. The van der Waals surface area contributed by atoms with Gasteiger partial charge in [-0.25, -0.2) is 4.98 Å². The van der Waals surface area contributed by atoms with Crippen LogP contribution in [0.3, 0.4) is 0 Å². The maximum Gasteiger partial charge on any atom is 0.0991 e. The summed E-state index contributed by atoms with van der Waals surface area (Å²) in [5.74, 6) is 0.